The van der Waals surface area contributed by atoms with E-state index in [1.165, 1.54) is 5.56 Å². The Bertz CT molecular complexity index is 708. The molecule has 0 spiro atoms. The van der Waals surface area contributed by atoms with Gasteiger partial charge in [0.25, 0.3) is 0 Å². The van der Waals surface area contributed by atoms with E-state index in [4.69, 9.17) is 0 Å². The summed E-state index contributed by atoms with van der Waals surface area (Å²) in [4.78, 5) is 21.4. The van der Waals surface area contributed by atoms with Crippen molar-refractivity contribution in [2.45, 2.75) is 32.1 Å². The summed E-state index contributed by atoms with van der Waals surface area (Å²) in [6, 6.07) is 10.3. The van der Waals surface area contributed by atoms with Gasteiger partial charge in [-0.1, -0.05) is 44.2 Å². The number of carbonyl (C=O) groups excluding carboxylic acids is 1. The Morgan fingerprint density at radius 2 is 1.85 bits per heavy atom. The monoisotopic (exact) mass is 386 g/mol. The smallest absolute Gasteiger partial charge is 0.232 e. The predicted octanol–water partition coefficient (Wildman–Crippen LogP) is 3.08. The fourth-order valence-electron chi connectivity index (χ4n) is 3.40. The first-order valence-electron chi connectivity index (χ1n) is 9.76. The lowest BCUT2D eigenvalue weighted by Gasteiger charge is -2.34. The maximum atomic E-state index is 12.4. The van der Waals surface area contributed by atoms with Gasteiger partial charge in [-0.3, -0.25) is 9.69 Å². The molecule has 1 amide bonds. The molecule has 1 saturated heterocycles. The SMILES string of the molecule is CC(C)c1nccn1CCN1CCN(C(=O)CSCc2ccccc2)CC1. The van der Waals surface area contributed by atoms with Gasteiger partial charge in [-0.15, -0.1) is 11.8 Å². The van der Waals surface area contributed by atoms with Crippen LogP contribution < -0.4 is 0 Å². The van der Waals surface area contributed by atoms with E-state index < -0.39 is 0 Å². The summed E-state index contributed by atoms with van der Waals surface area (Å²) >= 11 is 1.71. The molecule has 2 heterocycles. The highest BCUT2D eigenvalue weighted by molar-refractivity contribution is 7.99. The highest BCUT2D eigenvalue weighted by atomic mass is 32.2. The second-order valence-corrected chi connectivity index (χ2v) is 8.32. The lowest BCUT2D eigenvalue weighted by atomic mass is 10.2. The van der Waals surface area contributed by atoms with E-state index >= 15 is 0 Å². The molecule has 1 aromatic heterocycles. The molecule has 146 valence electrons. The van der Waals surface area contributed by atoms with Crippen LogP contribution in [0.1, 0.15) is 31.2 Å². The van der Waals surface area contributed by atoms with Crippen molar-refractivity contribution in [3.8, 4) is 0 Å². The Hall–Kier alpha value is -1.79. The van der Waals surface area contributed by atoms with E-state index in [2.05, 4.69) is 46.6 Å². The Morgan fingerprint density at radius 3 is 2.56 bits per heavy atom. The fourth-order valence-corrected chi connectivity index (χ4v) is 4.29. The first-order valence-corrected chi connectivity index (χ1v) is 10.9. The lowest BCUT2D eigenvalue weighted by Crippen LogP contribution is -2.49. The minimum atomic E-state index is 0.271. The summed E-state index contributed by atoms with van der Waals surface area (Å²) in [5.74, 6) is 3.34. The zero-order valence-corrected chi connectivity index (χ0v) is 17.2. The number of nitrogens with zero attached hydrogens (tertiary/aromatic N) is 4. The van der Waals surface area contributed by atoms with Crippen LogP contribution in [0.15, 0.2) is 42.7 Å². The molecule has 3 rings (SSSR count). The van der Waals surface area contributed by atoms with Crippen molar-refractivity contribution in [2.24, 2.45) is 0 Å². The second-order valence-electron chi connectivity index (χ2n) is 7.33. The number of benzene rings is 1. The fraction of sp³-hybridized carbons (Fsp3) is 0.524. The number of hydrogen-bond donors (Lipinski definition) is 0. The maximum absolute atomic E-state index is 12.4. The van der Waals surface area contributed by atoms with Gasteiger partial charge in [0.15, 0.2) is 0 Å². The average Bonchev–Trinajstić information content (AvgIpc) is 3.16. The third kappa shape index (κ3) is 5.84. The van der Waals surface area contributed by atoms with Crippen molar-refractivity contribution in [1.82, 2.24) is 19.4 Å². The zero-order valence-electron chi connectivity index (χ0n) is 16.4. The number of hydrogen-bond acceptors (Lipinski definition) is 4. The highest BCUT2D eigenvalue weighted by Crippen LogP contribution is 2.14. The van der Waals surface area contributed by atoms with E-state index in [-0.39, 0.29) is 5.91 Å². The van der Waals surface area contributed by atoms with Gasteiger partial charge in [-0.25, -0.2) is 4.98 Å². The Kier molecular flexibility index (Phi) is 7.35. The number of amides is 1. The van der Waals surface area contributed by atoms with Gasteiger partial charge in [0, 0.05) is 63.3 Å². The van der Waals surface area contributed by atoms with Gasteiger partial charge in [0.05, 0.1) is 5.75 Å². The lowest BCUT2D eigenvalue weighted by molar-refractivity contribution is -0.130. The Labute approximate surface area is 166 Å². The average molecular weight is 387 g/mol. The van der Waals surface area contributed by atoms with Gasteiger partial charge in [0.1, 0.15) is 5.82 Å². The van der Waals surface area contributed by atoms with Crippen LogP contribution in [-0.2, 0) is 17.1 Å². The van der Waals surface area contributed by atoms with E-state index in [1.807, 2.05) is 29.3 Å². The van der Waals surface area contributed by atoms with Crippen molar-refractivity contribution in [3.05, 3.63) is 54.1 Å². The summed E-state index contributed by atoms with van der Waals surface area (Å²) in [7, 11) is 0. The van der Waals surface area contributed by atoms with Crippen molar-refractivity contribution < 1.29 is 4.79 Å². The molecule has 1 aromatic carbocycles. The molecule has 1 aliphatic rings. The minimum Gasteiger partial charge on any atom is -0.339 e. The van der Waals surface area contributed by atoms with Crippen molar-refractivity contribution >= 4 is 17.7 Å². The van der Waals surface area contributed by atoms with Crippen LogP contribution in [0.25, 0.3) is 0 Å². The van der Waals surface area contributed by atoms with Gasteiger partial charge >= 0.3 is 0 Å². The normalized spacial score (nSPS) is 15.4. The summed E-state index contributed by atoms with van der Waals surface area (Å²) in [6.45, 7) is 9.94. The Morgan fingerprint density at radius 1 is 1.11 bits per heavy atom. The molecule has 0 saturated carbocycles. The number of imidazole rings is 1. The molecule has 0 N–H and O–H groups in total. The van der Waals surface area contributed by atoms with Crippen LogP contribution in [-0.4, -0.2) is 63.7 Å². The molecule has 2 aromatic rings. The van der Waals surface area contributed by atoms with E-state index in [9.17, 15) is 4.79 Å². The quantitative estimate of drug-likeness (QED) is 0.699. The number of thioether (sulfide) groups is 1. The molecular weight excluding hydrogens is 356 g/mol. The molecule has 0 bridgehead atoms. The second kappa shape index (κ2) is 9.95. The van der Waals surface area contributed by atoms with Gasteiger partial charge < -0.3 is 9.47 Å². The molecule has 0 radical (unpaired) electrons. The molecular formula is C21H30N4OS. The largest absolute Gasteiger partial charge is 0.339 e. The number of aromatic nitrogens is 2. The number of carbonyl (C=O) groups is 1. The standard InChI is InChI=1S/C21H30N4OS/c1-18(2)21-22-8-9-25(21)15-12-23-10-13-24(14-11-23)20(26)17-27-16-19-6-4-3-5-7-19/h3-9,18H,10-17H2,1-2H3. The molecule has 27 heavy (non-hydrogen) atoms. The zero-order chi connectivity index (χ0) is 19.1. The molecule has 0 aliphatic carbocycles. The van der Waals surface area contributed by atoms with E-state index in [1.54, 1.807) is 11.8 Å². The summed E-state index contributed by atoms with van der Waals surface area (Å²) in [5, 5.41) is 0. The molecule has 6 heteroatoms. The molecule has 0 atom stereocenters. The molecule has 0 unspecified atom stereocenters. The van der Waals surface area contributed by atoms with Gasteiger partial charge in [-0.2, -0.15) is 0 Å². The van der Waals surface area contributed by atoms with Crippen LogP contribution in [0, 0.1) is 0 Å². The third-order valence-electron chi connectivity index (χ3n) is 4.98. The highest BCUT2D eigenvalue weighted by Gasteiger charge is 2.21. The van der Waals surface area contributed by atoms with Crippen molar-refractivity contribution in [1.29, 1.82) is 0 Å². The summed E-state index contributed by atoms with van der Waals surface area (Å²) < 4.78 is 2.25. The number of rotatable bonds is 8. The maximum Gasteiger partial charge on any atom is 0.232 e. The first-order chi connectivity index (χ1) is 13.1. The predicted molar refractivity (Wildman–Crippen MR) is 112 cm³/mol. The van der Waals surface area contributed by atoms with Crippen LogP contribution in [0.4, 0.5) is 0 Å². The van der Waals surface area contributed by atoms with Crippen LogP contribution in [0.3, 0.4) is 0 Å². The van der Waals surface area contributed by atoms with Crippen molar-refractivity contribution in [2.75, 3.05) is 38.5 Å². The van der Waals surface area contributed by atoms with Crippen LogP contribution in [0.2, 0.25) is 0 Å². The van der Waals surface area contributed by atoms with E-state index in [0.29, 0.717) is 11.7 Å². The molecule has 5 nitrogen and oxygen atoms in total. The van der Waals surface area contributed by atoms with Crippen molar-refractivity contribution in [3.63, 3.8) is 0 Å². The topological polar surface area (TPSA) is 41.4 Å². The summed E-state index contributed by atoms with van der Waals surface area (Å²) in [6.07, 6.45) is 3.96. The summed E-state index contributed by atoms with van der Waals surface area (Å²) in [5.41, 5.74) is 1.28. The van der Waals surface area contributed by atoms with Crippen LogP contribution >= 0.6 is 11.8 Å². The van der Waals surface area contributed by atoms with E-state index in [0.717, 1.165) is 50.8 Å². The molecule has 1 aliphatic heterocycles. The minimum absolute atomic E-state index is 0.271. The molecule has 1 fully saturated rings. The van der Waals surface area contributed by atoms with Crippen LogP contribution in [0.5, 0.6) is 0 Å². The number of piperazine rings is 1. The van der Waals surface area contributed by atoms with Gasteiger partial charge in [0.2, 0.25) is 5.91 Å². The Balaban J connectivity index is 1.35. The third-order valence-corrected chi connectivity index (χ3v) is 5.97. The van der Waals surface area contributed by atoms with Gasteiger partial charge in [-0.05, 0) is 5.56 Å². The first kappa shape index (κ1) is 20.0.